The topological polar surface area (TPSA) is 44.9 Å². The van der Waals surface area contributed by atoms with E-state index in [9.17, 15) is 0 Å². The molecule has 7 aromatic rings. The molecular weight excluding hydrogens is 613 g/mol. The van der Waals surface area contributed by atoms with E-state index in [1.54, 1.807) is 0 Å². The van der Waals surface area contributed by atoms with Crippen LogP contribution in [-0.2, 0) is 12.8 Å². The maximum absolute atomic E-state index is 6.77. The lowest BCUT2D eigenvalue weighted by Gasteiger charge is -2.13. The molecule has 0 N–H and O–H groups in total. The quantitative estimate of drug-likeness (QED) is 0.116. The van der Waals surface area contributed by atoms with Gasteiger partial charge in [0.2, 0.25) is 0 Å². The summed E-state index contributed by atoms with van der Waals surface area (Å²) in [6, 6.07) is 34.8. The summed E-state index contributed by atoms with van der Waals surface area (Å²) >= 11 is 0. The predicted octanol–water partition coefficient (Wildman–Crippen LogP) is 12.2. The Hall–Kier alpha value is -5.16. The normalized spacial score (nSPS) is 11.5. The molecule has 0 bridgehead atoms. The van der Waals surface area contributed by atoms with Crippen molar-refractivity contribution in [1.82, 2.24) is 19.3 Å². The van der Waals surface area contributed by atoms with Crippen LogP contribution in [0.4, 0.5) is 0 Å². The average molecular weight is 661 g/mol. The Bertz CT molecular complexity index is 2260. The van der Waals surface area contributed by atoms with Gasteiger partial charge in [0.05, 0.1) is 22.4 Å². The largest absolute Gasteiger partial charge is 0.457 e. The second-order valence-corrected chi connectivity index (χ2v) is 13.7. The molecule has 0 spiro atoms. The molecule has 5 heteroatoms. The summed E-state index contributed by atoms with van der Waals surface area (Å²) in [6.45, 7) is 10.9. The van der Waals surface area contributed by atoms with E-state index in [-0.39, 0.29) is 0 Å². The van der Waals surface area contributed by atoms with Crippen molar-refractivity contribution in [2.45, 2.75) is 86.0 Å². The number of hydrogen-bond acceptors (Lipinski definition) is 3. The number of rotatable bonds is 13. The summed E-state index contributed by atoms with van der Waals surface area (Å²) < 4.78 is 11.1. The molecule has 0 unspecified atom stereocenters. The average Bonchev–Trinajstić information content (AvgIpc) is 3.61. The predicted molar refractivity (Wildman–Crippen MR) is 208 cm³/mol. The molecule has 0 fully saturated rings. The molecule has 50 heavy (non-hydrogen) atoms. The van der Waals surface area contributed by atoms with E-state index in [0.717, 1.165) is 71.1 Å². The molecule has 3 aromatic heterocycles. The summed E-state index contributed by atoms with van der Waals surface area (Å²) in [5.41, 5.74) is 11.6. The van der Waals surface area contributed by atoms with Gasteiger partial charge in [-0.25, -0.2) is 9.67 Å². The third kappa shape index (κ3) is 6.82. The zero-order chi connectivity index (χ0) is 34.6. The molecule has 3 heterocycles. The number of nitrogens with zero attached hydrogens (tertiary/aromatic N) is 4. The number of unbranched alkanes of at least 4 members (excludes halogenated alkanes) is 4. The van der Waals surface area contributed by atoms with Gasteiger partial charge in [0, 0.05) is 40.4 Å². The van der Waals surface area contributed by atoms with E-state index in [0.29, 0.717) is 0 Å². The molecule has 0 saturated heterocycles. The smallest absolute Gasteiger partial charge is 0.137 e. The molecule has 0 amide bonds. The van der Waals surface area contributed by atoms with Crippen molar-refractivity contribution in [3.63, 3.8) is 0 Å². The van der Waals surface area contributed by atoms with Crippen LogP contribution in [0.3, 0.4) is 0 Å². The Morgan fingerprint density at radius 2 is 1.46 bits per heavy atom. The number of aromatic nitrogens is 4. The van der Waals surface area contributed by atoms with Crippen molar-refractivity contribution < 1.29 is 4.74 Å². The van der Waals surface area contributed by atoms with Crippen molar-refractivity contribution in [1.29, 1.82) is 0 Å². The van der Waals surface area contributed by atoms with E-state index in [1.807, 2.05) is 6.20 Å². The van der Waals surface area contributed by atoms with Crippen molar-refractivity contribution in [3.05, 3.63) is 131 Å². The van der Waals surface area contributed by atoms with Crippen LogP contribution in [0.15, 0.2) is 103 Å². The van der Waals surface area contributed by atoms with Gasteiger partial charge in [-0.15, -0.1) is 0 Å². The van der Waals surface area contributed by atoms with Gasteiger partial charge in [0.25, 0.3) is 0 Å². The van der Waals surface area contributed by atoms with Crippen LogP contribution in [-0.4, -0.2) is 19.3 Å². The van der Waals surface area contributed by atoms with Crippen LogP contribution in [0.2, 0.25) is 0 Å². The highest BCUT2D eigenvalue weighted by Crippen LogP contribution is 2.37. The van der Waals surface area contributed by atoms with Crippen LogP contribution in [0.25, 0.3) is 44.4 Å². The molecule has 0 saturated carbocycles. The minimum atomic E-state index is 0.797. The van der Waals surface area contributed by atoms with Gasteiger partial charge >= 0.3 is 0 Å². The Balaban J connectivity index is 1.30. The first-order chi connectivity index (χ1) is 24.4. The molecule has 7 rings (SSSR count). The van der Waals surface area contributed by atoms with Crippen LogP contribution < -0.4 is 4.74 Å². The molecule has 0 aliphatic rings. The molecule has 0 radical (unpaired) electrons. The lowest BCUT2D eigenvalue weighted by atomic mass is 10.0. The van der Waals surface area contributed by atoms with E-state index in [2.05, 4.69) is 141 Å². The molecule has 0 atom stereocenters. The van der Waals surface area contributed by atoms with Crippen molar-refractivity contribution in [2.75, 3.05) is 0 Å². The van der Waals surface area contributed by atoms with Gasteiger partial charge in [-0.2, -0.15) is 5.10 Å². The molecule has 254 valence electrons. The monoisotopic (exact) mass is 660 g/mol. The van der Waals surface area contributed by atoms with Crippen LogP contribution in [0, 0.1) is 20.8 Å². The second kappa shape index (κ2) is 14.8. The highest BCUT2D eigenvalue weighted by Gasteiger charge is 2.18. The molecule has 0 aliphatic carbocycles. The maximum atomic E-state index is 6.77. The second-order valence-electron chi connectivity index (χ2n) is 13.7. The van der Waals surface area contributed by atoms with Crippen LogP contribution in [0.5, 0.6) is 11.5 Å². The first-order valence-electron chi connectivity index (χ1n) is 18.4. The molecule has 4 aromatic carbocycles. The number of ether oxygens (including phenoxy) is 1. The standard InChI is InChI=1S/C45H48N4O/c1-6-8-10-12-16-34-19-22-42-41(28-34)40-21-20-38(30-43(40)48(42)44-25-31(3)23-24-46-44)50-39-27-35(15-9-7-2)26-37(29-39)49-33(5)45(32(4)47-49)36-17-13-11-14-18-36/h11,13-14,17-30H,6-10,12,15-16H2,1-5H3. The highest BCUT2D eigenvalue weighted by molar-refractivity contribution is 6.09. The van der Waals surface area contributed by atoms with Crippen LogP contribution >= 0.6 is 0 Å². The zero-order valence-electron chi connectivity index (χ0n) is 30.2. The fraction of sp³-hybridized carbons (Fsp3) is 0.289. The maximum Gasteiger partial charge on any atom is 0.137 e. The van der Waals surface area contributed by atoms with Gasteiger partial charge in [-0.05, 0) is 117 Å². The molecule has 0 aliphatic heterocycles. The lowest BCUT2D eigenvalue weighted by Crippen LogP contribution is -2.02. The minimum Gasteiger partial charge on any atom is -0.457 e. The number of pyridine rings is 1. The third-order valence-corrected chi connectivity index (χ3v) is 9.86. The van der Waals surface area contributed by atoms with Crippen molar-refractivity contribution in [2.24, 2.45) is 0 Å². The third-order valence-electron chi connectivity index (χ3n) is 9.86. The Morgan fingerprint density at radius 1 is 0.640 bits per heavy atom. The van der Waals surface area contributed by atoms with Crippen molar-refractivity contribution >= 4 is 21.8 Å². The van der Waals surface area contributed by atoms with Gasteiger partial charge < -0.3 is 4.74 Å². The Kier molecular flexibility index (Phi) is 9.84. The lowest BCUT2D eigenvalue weighted by molar-refractivity contribution is 0.482. The molecule has 5 nitrogen and oxygen atoms in total. The molecular formula is C45H48N4O. The Labute approximate surface area is 296 Å². The summed E-state index contributed by atoms with van der Waals surface area (Å²) in [6.07, 6.45) is 11.3. The van der Waals surface area contributed by atoms with Gasteiger partial charge in [0.1, 0.15) is 17.3 Å². The fourth-order valence-corrected chi connectivity index (χ4v) is 7.31. The first kappa shape index (κ1) is 33.3. The summed E-state index contributed by atoms with van der Waals surface area (Å²) in [5.74, 6) is 2.53. The van der Waals surface area contributed by atoms with Crippen molar-refractivity contribution in [3.8, 4) is 34.1 Å². The zero-order valence-corrected chi connectivity index (χ0v) is 30.2. The van der Waals surface area contributed by atoms with E-state index in [4.69, 9.17) is 14.8 Å². The van der Waals surface area contributed by atoms with Gasteiger partial charge in [0.15, 0.2) is 0 Å². The van der Waals surface area contributed by atoms with Gasteiger partial charge in [-0.1, -0.05) is 75.9 Å². The highest BCUT2D eigenvalue weighted by atomic mass is 16.5. The van der Waals surface area contributed by atoms with E-state index >= 15 is 0 Å². The first-order valence-corrected chi connectivity index (χ1v) is 18.4. The number of aryl methyl sites for hydroxylation is 4. The summed E-state index contributed by atoms with van der Waals surface area (Å²) in [4.78, 5) is 4.83. The number of hydrogen-bond donors (Lipinski definition) is 0. The Morgan fingerprint density at radius 3 is 2.26 bits per heavy atom. The minimum absolute atomic E-state index is 0.797. The van der Waals surface area contributed by atoms with E-state index < -0.39 is 0 Å². The SMILES string of the molecule is CCCCCCc1ccc2c(c1)c1ccc(Oc3cc(CCCC)cc(-n4nc(C)c(-c5ccccc5)c4C)c3)cc1n2-c1cc(C)ccn1. The van der Waals surface area contributed by atoms with E-state index in [1.165, 1.54) is 64.3 Å². The fourth-order valence-electron chi connectivity index (χ4n) is 7.31. The number of fused-ring (bicyclic) bond motifs is 3. The van der Waals surface area contributed by atoms with Crippen LogP contribution in [0.1, 0.15) is 80.5 Å². The summed E-state index contributed by atoms with van der Waals surface area (Å²) in [7, 11) is 0. The van der Waals surface area contributed by atoms with Gasteiger partial charge in [-0.3, -0.25) is 4.57 Å². The summed E-state index contributed by atoms with van der Waals surface area (Å²) in [5, 5.41) is 7.49. The number of benzene rings is 4.